The van der Waals surface area contributed by atoms with Crippen LogP contribution in [0.4, 0.5) is 0 Å². The van der Waals surface area contributed by atoms with E-state index in [1.807, 2.05) is 36.4 Å². The first-order valence-electron chi connectivity index (χ1n) is 12.3. The first-order valence-corrected chi connectivity index (χ1v) is 16.0. The minimum atomic E-state index is -3.14. The molecule has 2 rings (SSSR count). The van der Waals surface area contributed by atoms with Gasteiger partial charge in [-0.15, -0.1) is 0 Å². The zero-order chi connectivity index (χ0) is 27.4. The molecule has 0 aliphatic carbocycles. The highest BCUT2D eigenvalue weighted by atomic mass is 31.2. The Hall–Kier alpha value is -2.46. The predicted octanol–water partition coefficient (Wildman–Crippen LogP) is 5.32. The second kappa shape index (κ2) is 14.5. The van der Waals surface area contributed by atoms with Crippen LogP contribution in [-0.4, -0.2) is 47.9 Å². The van der Waals surface area contributed by atoms with Crippen molar-refractivity contribution in [2.75, 3.05) is 27.5 Å². The summed E-state index contributed by atoms with van der Waals surface area (Å²) in [6.07, 6.45) is 4.45. The molecule has 0 saturated carbocycles. The summed E-state index contributed by atoms with van der Waals surface area (Å²) in [5.74, 6) is 6.05. The van der Waals surface area contributed by atoms with E-state index in [1.54, 1.807) is 12.2 Å². The van der Waals surface area contributed by atoms with Crippen LogP contribution in [-0.2, 0) is 27.6 Å². The minimum absolute atomic E-state index is 0.122. The Balaban J connectivity index is 2.49. The maximum absolute atomic E-state index is 12.3. The van der Waals surface area contributed by atoms with E-state index in [2.05, 4.69) is 56.9 Å². The maximum atomic E-state index is 12.3. The van der Waals surface area contributed by atoms with Crippen LogP contribution in [0.1, 0.15) is 40.0 Å². The number of hydrogen-bond donors (Lipinski definition) is 0. The lowest BCUT2D eigenvalue weighted by Crippen LogP contribution is -2.67. The molecule has 0 spiro atoms. The van der Waals surface area contributed by atoms with Crippen molar-refractivity contribution >= 4 is 32.3 Å². The molecule has 0 aromatic heterocycles. The average molecular weight is 543 g/mol. The fourth-order valence-electron chi connectivity index (χ4n) is 4.20. The fraction of sp³-hybridized carbons (Fsp3) is 0.414. The quantitative estimate of drug-likeness (QED) is 0.157. The maximum Gasteiger partial charge on any atom is 0.333 e. The Morgan fingerprint density at radius 2 is 1.51 bits per heavy atom. The van der Waals surface area contributed by atoms with Gasteiger partial charge in [-0.1, -0.05) is 99.4 Å². The highest BCUT2D eigenvalue weighted by molar-refractivity contribution is 7.54. The molecule has 0 amide bonds. The number of ether oxygens (including phenoxy) is 1. The first kappa shape index (κ1) is 30.8. The van der Waals surface area contributed by atoms with Gasteiger partial charge >= 0.3 is 13.6 Å². The molecule has 0 aliphatic rings. The summed E-state index contributed by atoms with van der Waals surface area (Å²) in [5.41, 5.74) is 0. The second-order valence-corrected chi connectivity index (χ2v) is 16.2. The predicted molar refractivity (Wildman–Crippen MR) is 152 cm³/mol. The van der Waals surface area contributed by atoms with Gasteiger partial charge in [-0.25, -0.2) is 0 Å². The van der Waals surface area contributed by atoms with Gasteiger partial charge in [0.25, 0.3) is 8.32 Å². The number of carbonyl (C=O) groups excluding carboxylic acids is 1. The smallest absolute Gasteiger partial charge is 0.333 e. The van der Waals surface area contributed by atoms with Crippen molar-refractivity contribution in [2.24, 2.45) is 0 Å². The van der Waals surface area contributed by atoms with Crippen LogP contribution in [0, 0.1) is 11.8 Å². The number of rotatable bonds is 12. The Morgan fingerprint density at radius 3 is 1.97 bits per heavy atom. The van der Waals surface area contributed by atoms with Gasteiger partial charge in [-0.05, 0) is 34.3 Å². The minimum Gasteiger partial charge on any atom is -0.469 e. The molecule has 0 radical (unpaired) electrons. The monoisotopic (exact) mass is 542 g/mol. The summed E-state index contributed by atoms with van der Waals surface area (Å²) in [6.45, 7) is 6.64. The van der Waals surface area contributed by atoms with Gasteiger partial charge in [-0.3, -0.25) is 9.36 Å². The van der Waals surface area contributed by atoms with E-state index in [9.17, 15) is 9.36 Å². The van der Waals surface area contributed by atoms with E-state index in [-0.39, 0.29) is 17.2 Å². The highest BCUT2D eigenvalue weighted by Crippen LogP contribution is 2.46. The lowest BCUT2D eigenvalue weighted by molar-refractivity contribution is -0.140. The fourth-order valence-corrected chi connectivity index (χ4v) is 9.63. The van der Waals surface area contributed by atoms with Crippen molar-refractivity contribution in [1.29, 1.82) is 0 Å². The Kier molecular flexibility index (Phi) is 12.0. The summed E-state index contributed by atoms with van der Waals surface area (Å²) in [5, 5.41) is 2.10. The average Bonchev–Trinajstić information content (AvgIpc) is 2.91. The van der Waals surface area contributed by atoms with Crippen molar-refractivity contribution in [3.05, 3.63) is 72.8 Å². The van der Waals surface area contributed by atoms with E-state index < -0.39 is 22.0 Å². The van der Waals surface area contributed by atoms with Crippen LogP contribution in [0.3, 0.4) is 0 Å². The third kappa shape index (κ3) is 8.53. The summed E-state index contributed by atoms with van der Waals surface area (Å²) < 4.78 is 34.2. The summed E-state index contributed by atoms with van der Waals surface area (Å²) in [7, 11) is -1.87. The van der Waals surface area contributed by atoms with Crippen LogP contribution >= 0.6 is 7.60 Å². The molecular formula is C29H39O6PSi. The summed E-state index contributed by atoms with van der Waals surface area (Å²) in [6, 6.07) is 20.7. The van der Waals surface area contributed by atoms with Crippen LogP contribution in [0.15, 0.2) is 72.8 Å². The first-order chi connectivity index (χ1) is 17.6. The van der Waals surface area contributed by atoms with Crippen molar-refractivity contribution in [3.8, 4) is 11.8 Å². The van der Waals surface area contributed by atoms with Crippen molar-refractivity contribution in [2.45, 2.75) is 51.2 Å². The molecule has 0 unspecified atom stereocenters. The zero-order valence-corrected chi connectivity index (χ0v) is 24.6. The third-order valence-electron chi connectivity index (χ3n) is 6.14. The van der Waals surface area contributed by atoms with Crippen LogP contribution in [0.2, 0.25) is 5.04 Å². The van der Waals surface area contributed by atoms with Crippen LogP contribution in [0.25, 0.3) is 0 Å². The largest absolute Gasteiger partial charge is 0.469 e. The zero-order valence-electron chi connectivity index (χ0n) is 22.7. The van der Waals surface area contributed by atoms with Gasteiger partial charge in [0.1, 0.15) is 6.10 Å². The van der Waals surface area contributed by atoms with Gasteiger partial charge in [0.15, 0.2) is 0 Å². The number of allylic oxidation sites excluding steroid dienone is 2. The molecule has 6 nitrogen and oxygen atoms in total. The van der Waals surface area contributed by atoms with Crippen molar-refractivity contribution in [1.82, 2.24) is 0 Å². The molecule has 0 bridgehead atoms. The molecule has 37 heavy (non-hydrogen) atoms. The molecule has 0 aliphatic heterocycles. The van der Waals surface area contributed by atoms with E-state index in [0.717, 1.165) is 10.4 Å². The Morgan fingerprint density at radius 1 is 0.973 bits per heavy atom. The molecule has 0 saturated heterocycles. The molecule has 0 heterocycles. The standard InChI is InChI=1S/C29H39O6PSi/c1-29(2,3)37(26-19-11-7-12-20-26,27-21-13-8-14-22-27)35-25(18-16-23-28(30)32-4)17-10-9-15-24-36(31,33-5)34-6/h7-9,11-15,19-22,25H,16,18,23-24H2,1-6H3/b15-9+/t25-/m1/s1. The van der Waals surface area contributed by atoms with Crippen LogP contribution in [0.5, 0.6) is 0 Å². The van der Waals surface area contributed by atoms with E-state index >= 15 is 0 Å². The summed E-state index contributed by atoms with van der Waals surface area (Å²) in [4.78, 5) is 11.8. The topological polar surface area (TPSA) is 71.1 Å². The Bertz CT molecular complexity index is 1070. The second-order valence-electron chi connectivity index (χ2n) is 9.59. The van der Waals surface area contributed by atoms with E-state index in [4.69, 9.17) is 18.2 Å². The lowest BCUT2D eigenvalue weighted by Gasteiger charge is -2.44. The number of carbonyl (C=O) groups is 1. The molecule has 8 heteroatoms. The Labute approximate surface area is 223 Å². The summed E-state index contributed by atoms with van der Waals surface area (Å²) >= 11 is 0. The molecule has 2 aromatic rings. The number of esters is 1. The van der Waals surface area contributed by atoms with E-state index in [1.165, 1.54) is 21.3 Å². The van der Waals surface area contributed by atoms with Gasteiger partial charge in [0.05, 0.1) is 13.3 Å². The van der Waals surface area contributed by atoms with E-state index in [0.29, 0.717) is 19.3 Å². The van der Waals surface area contributed by atoms with Gasteiger partial charge in [-0.2, -0.15) is 0 Å². The molecule has 0 fully saturated rings. The molecule has 0 N–H and O–H groups in total. The highest BCUT2D eigenvalue weighted by Gasteiger charge is 2.51. The molecule has 200 valence electrons. The normalized spacial score (nSPS) is 13.1. The van der Waals surface area contributed by atoms with Crippen LogP contribution < -0.4 is 10.4 Å². The number of benzene rings is 2. The van der Waals surface area contributed by atoms with Gasteiger partial charge in [0, 0.05) is 20.6 Å². The van der Waals surface area contributed by atoms with Crippen molar-refractivity contribution < 1.29 is 27.6 Å². The third-order valence-corrected chi connectivity index (χ3v) is 13.0. The van der Waals surface area contributed by atoms with Crippen molar-refractivity contribution in [3.63, 3.8) is 0 Å². The number of hydrogen-bond acceptors (Lipinski definition) is 6. The number of methoxy groups -OCH3 is 1. The van der Waals surface area contributed by atoms with Gasteiger partial charge in [0.2, 0.25) is 0 Å². The van der Waals surface area contributed by atoms with Gasteiger partial charge < -0.3 is 18.2 Å². The molecule has 2 aromatic carbocycles. The molecular weight excluding hydrogens is 503 g/mol. The molecule has 1 atom stereocenters. The SMILES string of the molecule is COC(=O)CCC[C@@H](C#C/C=C/CP(=O)(OC)OC)O[Si](c1ccccc1)(c1ccccc1)C(C)(C)C. The lowest BCUT2D eigenvalue weighted by atomic mass is 10.1.